The number of alkyl halides is 1. The summed E-state index contributed by atoms with van der Waals surface area (Å²) in [5, 5.41) is 0.110. The minimum Gasteiger partial charge on any atom is -0.224 e. The Morgan fingerprint density at radius 3 is 2.17 bits per heavy atom. The topological polar surface area (TPSA) is 34.1 Å². The molecule has 0 saturated carbocycles. The van der Waals surface area contributed by atoms with Crippen molar-refractivity contribution in [2.24, 2.45) is 5.92 Å². The van der Waals surface area contributed by atoms with E-state index in [0.29, 0.717) is 10.8 Å². The van der Waals surface area contributed by atoms with Gasteiger partial charge in [0.25, 0.3) is 0 Å². The molecule has 102 valence electrons. The Kier molecular flexibility index (Phi) is 5.67. The van der Waals surface area contributed by atoms with Gasteiger partial charge in [-0.15, -0.1) is 11.6 Å². The second-order valence-corrected chi connectivity index (χ2v) is 7.87. The molecule has 0 fully saturated rings. The molecule has 0 heterocycles. The van der Waals surface area contributed by atoms with Gasteiger partial charge in [0.1, 0.15) is 0 Å². The number of benzene rings is 1. The van der Waals surface area contributed by atoms with Crippen LogP contribution in [0.1, 0.15) is 32.8 Å². The van der Waals surface area contributed by atoms with E-state index >= 15 is 0 Å². The first kappa shape index (κ1) is 15.5. The Morgan fingerprint density at radius 2 is 1.72 bits per heavy atom. The zero-order valence-electron chi connectivity index (χ0n) is 11.2. The van der Waals surface area contributed by atoms with Crippen LogP contribution in [0.2, 0.25) is 0 Å². The van der Waals surface area contributed by atoms with E-state index in [0.717, 1.165) is 18.4 Å². The van der Waals surface area contributed by atoms with Crippen molar-refractivity contribution in [2.75, 3.05) is 5.75 Å². The van der Waals surface area contributed by atoms with Crippen molar-refractivity contribution in [1.29, 1.82) is 0 Å². The monoisotopic (exact) mass is 288 g/mol. The smallest absolute Gasteiger partial charge is 0.178 e. The van der Waals surface area contributed by atoms with Gasteiger partial charge in [-0.25, -0.2) is 8.42 Å². The van der Waals surface area contributed by atoms with Gasteiger partial charge in [-0.1, -0.05) is 32.9 Å². The summed E-state index contributed by atoms with van der Waals surface area (Å²) < 4.78 is 23.3. The minimum absolute atomic E-state index is 0.110. The third-order valence-electron chi connectivity index (χ3n) is 2.85. The first-order valence-electron chi connectivity index (χ1n) is 6.31. The van der Waals surface area contributed by atoms with Crippen molar-refractivity contribution < 1.29 is 8.42 Å². The Balaban J connectivity index is 2.72. The number of hydrogen-bond acceptors (Lipinski definition) is 2. The van der Waals surface area contributed by atoms with Gasteiger partial charge in [-0.2, -0.15) is 0 Å². The third-order valence-corrected chi connectivity index (χ3v) is 4.93. The number of sulfone groups is 1. The molecule has 1 unspecified atom stereocenters. The van der Waals surface area contributed by atoms with Gasteiger partial charge in [-0.3, -0.25) is 0 Å². The quantitative estimate of drug-likeness (QED) is 0.749. The molecule has 1 aromatic rings. The Bertz CT molecular complexity index is 463. The number of rotatable bonds is 6. The zero-order chi connectivity index (χ0) is 13.8. The summed E-state index contributed by atoms with van der Waals surface area (Å²) in [5.74, 6) is 0.713. The van der Waals surface area contributed by atoms with Crippen LogP contribution >= 0.6 is 11.6 Å². The largest absolute Gasteiger partial charge is 0.224 e. The van der Waals surface area contributed by atoms with E-state index in [4.69, 9.17) is 11.6 Å². The molecule has 0 aromatic heterocycles. The third kappa shape index (κ3) is 4.62. The van der Waals surface area contributed by atoms with E-state index < -0.39 is 9.84 Å². The summed E-state index contributed by atoms with van der Waals surface area (Å²) in [6.07, 6.45) is 1.75. The molecule has 0 radical (unpaired) electrons. The van der Waals surface area contributed by atoms with Gasteiger partial charge in [-0.05, 0) is 36.5 Å². The lowest BCUT2D eigenvalue weighted by atomic mass is 10.0. The highest BCUT2D eigenvalue weighted by molar-refractivity contribution is 7.91. The molecule has 4 heteroatoms. The van der Waals surface area contributed by atoms with E-state index in [9.17, 15) is 8.42 Å². The number of hydrogen-bond donors (Lipinski definition) is 0. The predicted octanol–water partition coefficient (Wildman–Crippen LogP) is 3.68. The summed E-state index contributed by atoms with van der Waals surface area (Å²) in [6.45, 7) is 5.94. The highest BCUT2D eigenvalue weighted by Gasteiger charge is 2.12. The molecule has 0 spiro atoms. The first-order valence-corrected chi connectivity index (χ1v) is 8.39. The predicted molar refractivity (Wildman–Crippen MR) is 77.0 cm³/mol. The maximum atomic E-state index is 11.7. The molecular weight excluding hydrogens is 268 g/mol. The molecule has 0 amide bonds. The summed E-state index contributed by atoms with van der Waals surface area (Å²) in [6, 6.07) is 7.07. The first-order chi connectivity index (χ1) is 8.35. The van der Waals surface area contributed by atoms with Crippen LogP contribution in [-0.4, -0.2) is 19.5 Å². The maximum Gasteiger partial charge on any atom is 0.178 e. The molecule has 0 aliphatic rings. The van der Waals surface area contributed by atoms with Crippen LogP contribution in [0.4, 0.5) is 0 Å². The fourth-order valence-corrected chi connectivity index (χ4v) is 3.27. The molecule has 0 saturated heterocycles. The van der Waals surface area contributed by atoms with Crippen LogP contribution in [0.5, 0.6) is 0 Å². The highest BCUT2D eigenvalue weighted by Crippen LogP contribution is 2.18. The molecule has 0 aliphatic heterocycles. The van der Waals surface area contributed by atoms with E-state index in [2.05, 4.69) is 13.8 Å². The maximum absolute atomic E-state index is 11.7. The summed E-state index contributed by atoms with van der Waals surface area (Å²) >= 11 is 6.25. The lowest BCUT2D eigenvalue weighted by Gasteiger charge is -2.12. The molecule has 0 aliphatic carbocycles. The minimum atomic E-state index is -3.10. The van der Waals surface area contributed by atoms with Crippen LogP contribution < -0.4 is 0 Å². The van der Waals surface area contributed by atoms with Gasteiger partial charge in [0, 0.05) is 5.38 Å². The standard InChI is InChI=1S/C14H21ClO2S/c1-4-18(16,17)14-7-5-12(6-8-14)10-13(15)9-11(2)3/h5-8,11,13H,4,9-10H2,1-3H3. The molecule has 2 nitrogen and oxygen atoms in total. The molecule has 0 N–H and O–H groups in total. The molecule has 18 heavy (non-hydrogen) atoms. The normalized spacial score (nSPS) is 13.8. The van der Waals surface area contributed by atoms with E-state index in [1.165, 1.54) is 0 Å². The summed E-state index contributed by atoms with van der Waals surface area (Å²) in [5.41, 5.74) is 1.09. The molecule has 1 aromatic carbocycles. The van der Waals surface area contributed by atoms with Crippen molar-refractivity contribution in [3.63, 3.8) is 0 Å². The van der Waals surface area contributed by atoms with Crippen molar-refractivity contribution in [1.82, 2.24) is 0 Å². The average molecular weight is 289 g/mol. The van der Waals surface area contributed by atoms with Gasteiger partial charge < -0.3 is 0 Å². The van der Waals surface area contributed by atoms with Crippen LogP contribution in [0.3, 0.4) is 0 Å². The van der Waals surface area contributed by atoms with Gasteiger partial charge in [0.2, 0.25) is 0 Å². The lowest BCUT2D eigenvalue weighted by molar-refractivity contribution is 0.561. The van der Waals surface area contributed by atoms with E-state index in [1.54, 1.807) is 19.1 Å². The van der Waals surface area contributed by atoms with Crippen molar-refractivity contribution in [3.8, 4) is 0 Å². The van der Waals surface area contributed by atoms with Crippen LogP contribution in [0.15, 0.2) is 29.2 Å². The fraction of sp³-hybridized carbons (Fsp3) is 0.571. The van der Waals surface area contributed by atoms with Crippen molar-refractivity contribution >= 4 is 21.4 Å². The second-order valence-electron chi connectivity index (χ2n) is 4.98. The van der Waals surface area contributed by atoms with Gasteiger partial charge in [0.15, 0.2) is 9.84 Å². The number of halogens is 1. The second kappa shape index (κ2) is 6.58. The van der Waals surface area contributed by atoms with Gasteiger partial charge >= 0.3 is 0 Å². The zero-order valence-corrected chi connectivity index (χ0v) is 12.8. The lowest BCUT2D eigenvalue weighted by Crippen LogP contribution is -2.08. The summed E-state index contributed by atoms with van der Waals surface area (Å²) in [4.78, 5) is 0.392. The van der Waals surface area contributed by atoms with Crippen molar-refractivity contribution in [3.05, 3.63) is 29.8 Å². The van der Waals surface area contributed by atoms with E-state index in [1.807, 2.05) is 12.1 Å². The van der Waals surface area contributed by atoms with E-state index in [-0.39, 0.29) is 11.1 Å². The van der Waals surface area contributed by atoms with Crippen LogP contribution in [0, 0.1) is 5.92 Å². The van der Waals surface area contributed by atoms with Crippen LogP contribution in [-0.2, 0) is 16.3 Å². The SMILES string of the molecule is CCS(=O)(=O)c1ccc(CC(Cl)CC(C)C)cc1. The Labute approximate surface area is 115 Å². The Morgan fingerprint density at radius 1 is 1.17 bits per heavy atom. The summed E-state index contributed by atoms with van der Waals surface area (Å²) in [7, 11) is -3.10. The average Bonchev–Trinajstić information content (AvgIpc) is 2.28. The molecule has 0 bridgehead atoms. The Hall–Kier alpha value is -0.540. The highest BCUT2D eigenvalue weighted by atomic mass is 35.5. The van der Waals surface area contributed by atoms with Gasteiger partial charge in [0.05, 0.1) is 10.6 Å². The van der Waals surface area contributed by atoms with Crippen LogP contribution in [0.25, 0.3) is 0 Å². The molecule has 1 atom stereocenters. The molecule has 1 rings (SSSR count). The fourth-order valence-electron chi connectivity index (χ4n) is 1.85. The van der Waals surface area contributed by atoms with Crippen molar-refractivity contribution in [2.45, 2.75) is 43.9 Å². The molecular formula is C14H21ClO2S.